The van der Waals surface area contributed by atoms with Crippen LogP contribution in [0.25, 0.3) is 6.08 Å². The summed E-state index contributed by atoms with van der Waals surface area (Å²) >= 11 is 1.10. The Hall–Kier alpha value is -3.83. The van der Waals surface area contributed by atoms with Crippen LogP contribution in [0.15, 0.2) is 59.5 Å². The SMILES string of the molecule is COc1cccc(C(=O)/C(C#N)=C/c2csc(N(C(C)=O)c3ccccc3F)n2)c1. The van der Waals surface area contributed by atoms with E-state index in [1.54, 1.807) is 29.6 Å². The Balaban J connectivity index is 1.94. The number of amides is 1. The number of aromatic nitrogens is 1. The first-order valence-corrected chi connectivity index (χ1v) is 9.64. The van der Waals surface area contributed by atoms with Crippen molar-refractivity contribution < 1.29 is 18.7 Å². The van der Waals surface area contributed by atoms with E-state index in [0.717, 1.165) is 16.2 Å². The molecule has 0 unspecified atom stereocenters. The van der Waals surface area contributed by atoms with Gasteiger partial charge in [-0.15, -0.1) is 11.3 Å². The van der Waals surface area contributed by atoms with E-state index in [9.17, 15) is 19.2 Å². The van der Waals surface area contributed by atoms with E-state index in [1.165, 1.54) is 44.4 Å². The van der Waals surface area contributed by atoms with Crippen molar-refractivity contribution in [1.29, 1.82) is 5.26 Å². The molecule has 3 aromatic rings. The molecule has 1 amide bonds. The minimum absolute atomic E-state index is 0.0721. The Labute approximate surface area is 176 Å². The van der Waals surface area contributed by atoms with Gasteiger partial charge in [-0.05, 0) is 30.3 Å². The van der Waals surface area contributed by atoms with Crippen LogP contribution in [0, 0.1) is 17.1 Å². The molecule has 0 aliphatic rings. The molecule has 0 saturated carbocycles. The number of benzene rings is 2. The molecule has 1 heterocycles. The number of allylic oxidation sites excluding steroid dienone is 1. The number of halogens is 1. The first-order chi connectivity index (χ1) is 14.4. The standard InChI is InChI=1S/C22H16FN3O3S/c1-14(27)26(20-9-4-3-8-19(20)23)22-25-17(13-30-22)10-16(12-24)21(28)15-6-5-7-18(11-15)29-2/h3-11,13H,1-2H3/b16-10+. The normalized spacial score (nSPS) is 10.9. The molecular weight excluding hydrogens is 405 g/mol. The first kappa shape index (κ1) is 20.9. The van der Waals surface area contributed by atoms with Gasteiger partial charge in [-0.3, -0.25) is 14.5 Å². The zero-order valence-electron chi connectivity index (χ0n) is 16.1. The number of anilines is 2. The fourth-order valence-electron chi connectivity index (χ4n) is 2.70. The predicted octanol–water partition coefficient (Wildman–Crippen LogP) is 4.77. The van der Waals surface area contributed by atoms with Crippen LogP contribution in [0.4, 0.5) is 15.2 Å². The van der Waals surface area contributed by atoms with Gasteiger partial charge in [0.05, 0.1) is 18.5 Å². The fraction of sp³-hybridized carbons (Fsp3) is 0.0909. The molecule has 0 atom stereocenters. The van der Waals surface area contributed by atoms with Crippen molar-refractivity contribution in [3.63, 3.8) is 0 Å². The molecule has 1 aromatic heterocycles. The molecule has 0 aliphatic carbocycles. The summed E-state index contributed by atoms with van der Waals surface area (Å²) in [6.07, 6.45) is 1.33. The Morgan fingerprint density at radius 1 is 1.23 bits per heavy atom. The van der Waals surface area contributed by atoms with Gasteiger partial charge in [-0.2, -0.15) is 5.26 Å². The van der Waals surface area contributed by atoms with Crippen LogP contribution >= 0.6 is 11.3 Å². The van der Waals surface area contributed by atoms with Gasteiger partial charge in [-0.1, -0.05) is 24.3 Å². The molecule has 150 valence electrons. The summed E-state index contributed by atoms with van der Waals surface area (Å²) in [6, 6.07) is 14.2. The summed E-state index contributed by atoms with van der Waals surface area (Å²) in [5.41, 5.74) is 0.558. The summed E-state index contributed by atoms with van der Waals surface area (Å²) in [6.45, 7) is 1.30. The minimum atomic E-state index is -0.564. The molecule has 0 N–H and O–H groups in total. The van der Waals surface area contributed by atoms with Crippen molar-refractivity contribution in [2.75, 3.05) is 12.0 Å². The number of ketones is 1. The van der Waals surface area contributed by atoms with Gasteiger partial charge >= 0.3 is 0 Å². The highest BCUT2D eigenvalue weighted by atomic mass is 32.1. The van der Waals surface area contributed by atoms with Gasteiger partial charge in [0.1, 0.15) is 23.2 Å². The maximum Gasteiger partial charge on any atom is 0.230 e. The number of carbonyl (C=O) groups is 2. The van der Waals surface area contributed by atoms with Crippen molar-refractivity contribution >= 4 is 39.9 Å². The molecule has 2 aromatic carbocycles. The third kappa shape index (κ3) is 4.42. The number of carbonyl (C=O) groups excluding carboxylic acids is 2. The lowest BCUT2D eigenvalue weighted by Crippen LogP contribution is -2.23. The summed E-state index contributed by atoms with van der Waals surface area (Å²) in [4.78, 5) is 30.3. The number of nitriles is 1. The Kier molecular flexibility index (Phi) is 6.35. The number of Topliss-reactive ketones (excluding diaryl/α,β-unsaturated/α-hetero) is 1. The zero-order valence-corrected chi connectivity index (χ0v) is 16.9. The van der Waals surface area contributed by atoms with Crippen molar-refractivity contribution in [3.05, 3.63) is 76.6 Å². The monoisotopic (exact) mass is 421 g/mol. The number of hydrogen-bond acceptors (Lipinski definition) is 6. The van der Waals surface area contributed by atoms with Gasteiger partial charge in [0.25, 0.3) is 0 Å². The highest BCUT2D eigenvalue weighted by Gasteiger charge is 2.21. The summed E-state index contributed by atoms with van der Waals surface area (Å²) < 4.78 is 19.3. The predicted molar refractivity (Wildman–Crippen MR) is 112 cm³/mol. The van der Waals surface area contributed by atoms with Gasteiger partial charge in [0.2, 0.25) is 11.7 Å². The van der Waals surface area contributed by atoms with Crippen LogP contribution in [0.1, 0.15) is 23.0 Å². The number of methoxy groups -OCH3 is 1. The van der Waals surface area contributed by atoms with Crippen LogP contribution in [-0.2, 0) is 4.79 Å². The number of hydrogen-bond donors (Lipinski definition) is 0. The average Bonchev–Trinajstić information content (AvgIpc) is 3.21. The molecule has 0 fully saturated rings. The largest absolute Gasteiger partial charge is 0.497 e. The fourth-order valence-corrected chi connectivity index (χ4v) is 3.54. The molecule has 0 saturated heterocycles. The lowest BCUT2D eigenvalue weighted by atomic mass is 10.0. The van der Waals surface area contributed by atoms with Crippen LogP contribution < -0.4 is 9.64 Å². The smallest absolute Gasteiger partial charge is 0.230 e. The van der Waals surface area contributed by atoms with Gasteiger partial charge in [0.15, 0.2) is 5.13 Å². The Bertz CT molecular complexity index is 1180. The van der Waals surface area contributed by atoms with E-state index in [4.69, 9.17) is 4.74 Å². The molecule has 30 heavy (non-hydrogen) atoms. The Morgan fingerprint density at radius 3 is 2.67 bits per heavy atom. The second-order valence-corrected chi connectivity index (χ2v) is 6.93. The number of para-hydroxylation sites is 1. The quantitative estimate of drug-likeness (QED) is 0.325. The third-order valence-electron chi connectivity index (χ3n) is 4.10. The van der Waals surface area contributed by atoms with Crippen molar-refractivity contribution in [2.24, 2.45) is 0 Å². The second-order valence-electron chi connectivity index (χ2n) is 6.09. The van der Waals surface area contributed by atoms with Gasteiger partial charge in [0, 0.05) is 17.9 Å². The molecule has 0 spiro atoms. The van der Waals surface area contributed by atoms with E-state index in [2.05, 4.69) is 4.98 Å². The van der Waals surface area contributed by atoms with Crippen LogP contribution in [0.3, 0.4) is 0 Å². The van der Waals surface area contributed by atoms with Crippen molar-refractivity contribution in [2.45, 2.75) is 6.92 Å². The molecule has 8 heteroatoms. The van der Waals surface area contributed by atoms with E-state index < -0.39 is 17.5 Å². The molecule has 6 nitrogen and oxygen atoms in total. The lowest BCUT2D eigenvalue weighted by molar-refractivity contribution is -0.115. The first-order valence-electron chi connectivity index (χ1n) is 8.76. The van der Waals surface area contributed by atoms with E-state index in [1.807, 2.05) is 6.07 Å². The third-order valence-corrected chi connectivity index (χ3v) is 4.94. The number of ether oxygens (including phenoxy) is 1. The summed E-state index contributed by atoms with van der Waals surface area (Å²) in [5.74, 6) is -0.969. The van der Waals surface area contributed by atoms with Crippen molar-refractivity contribution in [3.8, 4) is 11.8 Å². The molecule has 3 rings (SSSR count). The maximum atomic E-state index is 14.2. The van der Waals surface area contributed by atoms with Crippen molar-refractivity contribution in [1.82, 2.24) is 4.98 Å². The topological polar surface area (TPSA) is 83.3 Å². The Morgan fingerprint density at radius 2 is 2.00 bits per heavy atom. The molecule has 0 aliphatic heterocycles. The highest BCUT2D eigenvalue weighted by molar-refractivity contribution is 7.14. The number of nitrogens with zero attached hydrogens (tertiary/aromatic N) is 3. The van der Waals surface area contributed by atoms with Crippen LogP contribution in [0.5, 0.6) is 5.75 Å². The lowest BCUT2D eigenvalue weighted by Gasteiger charge is -2.18. The van der Waals surface area contributed by atoms with Crippen LogP contribution in [-0.4, -0.2) is 23.8 Å². The van der Waals surface area contributed by atoms with Crippen LogP contribution in [0.2, 0.25) is 0 Å². The zero-order chi connectivity index (χ0) is 21.7. The van der Waals surface area contributed by atoms with Gasteiger partial charge in [-0.25, -0.2) is 9.37 Å². The van der Waals surface area contributed by atoms with E-state index in [-0.39, 0.29) is 16.4 Å². The number of rotatable bonds is 6. The molecule has 0 radical (unpaired) electrons. The van der Waals surface area contributed by atoms with Gasteiger partial charge < -0.3 is 4.74 Å². The summed E-state index contributed by atoms with van der Waals surface area (Å²) in [5, 5.41) is 11.3. The average molecular weight is 421 g/mol. The van der Waals surface area contributed by atoms with E-state index in [0.29, 0.717) is 17.0 Å². The highest BCUT2D eigenvalue weighted by Crippen LogP contribution is 2.31. The molecular formula is C22H16FN3O3S. The van der Waals surface area contributed by atoms with E-state index >= 15 is 0 Å². The molecule has 0 bridgehead atoms. The number of thiazole rings is 1. The minimum Gasteiger partial charge on any atom is -0.497 e. The second kappa shape index (κ2) is 9.11. The maximum absolute atomic E-state index is 14.2. The summed E-state index contributed by atoms with van der Waals surface area (Å²) in [7, 11) is 1.48.